The van der Waals surface area contributed by atoms with E-state index in [1.807, 2.05) is 13.8 Å². The van der Waals surface area contributed by atoms with Crippen molar-refractivity contribution in [3.05, 3.63) is 0 Å². The summed E-state index contributed by atoms with van der Waals surface area (Å²) in [5, 5.41) is 10.8. The van der Waals surface area contributed by atoms with Gasteiger partial charge in [-0.2, -0.15) is 0 Å². The molecule has 0 atom stereocenters. The van der Waals surface area contributed by atoms with Crippen LogP contribution < -0.4 is 0 Å². The highest BCUT2D eigenvalue weighted by Crippen LogP contribution is 2.14. The van der Waals surface area contributed by atoms with Gasteiger partial charge in [-0.25, -0.2) is 5.11 Å². The molecule has 7 heavy (non-hydrogen) atoms. The van der Waals surface area contributed by atoms with Crippen LogP contribution in [-0.2, 0) is 5.11 Å². The molecule has 0 aromatic heterocycles. The molecule has 0 aliphatic carbocycles. The van der Waals surface area contributed by atoms with Gasteiger partial charge in [-0.3, -0.25) is 0 Å². The van der Waals surface area contributed by atoms with E-state index < -0.39 is 5.60 Å². The van der Waals surface area contributed by atoms with Crippen molar-refractivity contribution >= 4 is 0 Å². The van der Waals surface area contributed by atoms with E-state index in [9.17, 15) is 5.11 Å². The minimum absolute atomic E-state index is 0.243. The summed E-state index contributed by atoms with van der Waals surface area (Å²) in [6.45, 7) is 7.29. The topological polar surface area (TPSA) is 19.9 Å². The molecule has 0 heterocycles. The molecule has 0 saturated heterocycles. The first-order chi connectivity index (χ1) is 2.94. The average molecular weight is 101 g/mol. The van der Waals surface area contributed by atoms with Crippen LogP contribution >= 0.6 is 0 Å². The maximum atomic E-state index is 10.8. The van der Waals surface area contributed by atoms with E-state index in [4.69, 9.17) is 0 Å². The van der Waals surface area contributed by atoms with Gasteiger partial charge in [0.15, 0.2) is 0 Å². The van der Waals surface area contributed by atoms with Crippen LogP contribution in [0, 0.1) is 5.92 Å². The van der Waals surface area contributed by atoms with Crippen molar-refractivity contribution in [3.63, 3.8) is 0 Å². The Balaban J connectivity index is 3.54. The van der Waals surface area contributed by atoms with Crippen LogP contribution in [0.3, 0.4) is 0 Å². The monoisotopic (exact) mass is 101 g/mol. The Morgan fingerprint density at radius 2 is 1.43 bits per heavy atom. The fraction of sp³-hybridized carbons (Fsp3) is 1.00. The molecular weight excluding hydrogens is 88.1 g/mol. The molecule has 0 bridgehead atoms. The molecule has 0 spiro atoms. The molecule has 0 amide bonds. The molecule has 0 rings (SSSR count). The van der Waals surface area contributed by atoms with Crippen molar-refractivity contribution in [1.29, 1.82) is 0 Å². The van der Waals surface area contributed by atoms with E-state index >= 15 is 0 Å². The fourth-order valence-electron chi connectivity index (χ4n) is 0. The van der Waals surface area contributed by atoms with E-state index in [2.05, 4.69) is 0 Å². The van der Waals surface area contributed by atoms with E-state index in [0.29, 0.717) is 0 Å². The van der Waals surface area contributed by atoms with Gasteiger partial charge in [0.05, 0.1) is 0 Å². The van der Waals surface area contributed by atoms with Gasteiger partial charge in [-0.15, -0.1) is 0 Å². The van der Waals surface area contributed by atoms with Crippen molar-refractivity contribution in [2.75, 3.05) is 0 Å². The summed E-state index contributed by atoms with van der Waals surface area (Å²) >= 11 is 0. The molecule has 0 saturated carbocycles. The lowest BCUT2D eigenvalue weighted by Gasteiger charge is -2.17. The van der Waals surface area contributed by atoms with Crippen molar-refractivity contribution in [2.45, 2.75) is 33.3 Å². The zero-order valence-corrected chi connectivity index (χ0v) is 5.49. The first-order valence-electron chi connectivity index (χ1n) is 2.65. The van der Waals surface area contributed by atoms with E-state index in [1.165, 1.54) is 0 Å². The third-order valence-electron chi connectivity index (χ3n) is 1.39. The van der Waals surface area contributed by atoms with Crippen LogP contribution in [0.15, 0.2) is 0 Å². The molecule has 0 aliphatic rings. The van der Waals surface area contributed by atoms with Gasteiger partial charge >= 0.3 is 0 Å². The van der Waals surface area contributed by atoms with Crippen LogP contribution in [-0.4, -0.2) is 5.60 Å². The Bertz CT molecular complexity index is 49.7. The largest absolute Gasteiger partial charge is 0.230 e. The third kappa shape index (κ3) is 2.63. The molecule has 0 aliphatic heterocycles. The maximum Gasteiger partial charge on any atom is 0.100 e. The normalized spacial score (nSPS) is 12.9. The Morgan fingerprint density at radius 3 is 1.43 bits per heavy atom. The molecule has 0 N–H and O–H groups in total. The van der Waals surface area contributed by atoms with Crippen molar-refractivity contribution in [2.24, 2.45) is 5.92 Å². The second-order valence-corrected chi connectivity index (χ2v) is 2.76. The van der Waals surface area contributed by atoms with E-state index in [0.717, 1.165) is 0 Å². The predicted molar refractivity (Wildman–Crippen MR) is 29.6 cm³/mol. The van der Waals surface area contributed by atoms with Gasteiger partial charge in [0, 0.05) is 0 Å². The molecule has 1 radical (unpaired) electrons. The Morgan fingerprint density at radius 1 is 1.29 bits per heavy atom. The van der Waals surface area contributed by atoms with Crippen molar-refractivity contribution < 1.29 is 5.11 Å². The smallest absolute Gasteiger partial charge is 0.100 e. The van der Waals surface area contributed by atoms with E-state index in [1.54, 1.807) is 13.8 Å². The molecule has 43 valence electrons. The highest BCUT2D eigenvalue weighted by Gasteiger charge is 2.19. The third-order valence-corrected chi connectivity index (χ3v) is 1.39. The molecule has 1 heteroatoms. The molecule has 0 fully saturated rings. The Hall–Kier alpha value is -0.0400. The van der Waals surface area contributed by atoms with Gasteiger partial charge < -0.3 is 0 Å². The van der Waals surface area contributed by atoms with Gasteiger partial charge in [0.1, 0.15) is 5.60 Å². The van der Waals surface area contributed by atoms with Gasteiger partial charge in [-0.1, -0.05) is 13.8 Å². The quantitative estimate of drug-likeness (QED) is 0.480. The first-order valence-corrected chi connectivity index (χ1v) is 2.65. The zero-order valence-electron chi connectivity index (χ0n) is 5.49. The maximum absolute atomic E-state index is 10.8. The van der Waals surface area contributed by atoms with Gasteiger partial charge in [0.2, 0.25) is 0 Å². The summed E-state index contributed by atoms with van der Waals surface area (Å²) in [5.41, 5.74) is -0.750. The fourth-order valence-corrected chi connectivity index (χ4v) is 0. The lowest BCUT2D eigenvalue weighted by molar-refractivity contribution is -0.0348. The van der Waals surface area contributed by atoms with Crippen LogP contribution in [0.25, 0.3) is 0 Å². The minimum Gasteiger partial charge on any atom is -0.230 e. The molecule has 0 aromatic carbocycles. The highest BCUT2D eigenvalue weighted by atomic mass is 16.3. The molecular formula is C6H13O. The second-order valence-electron chi connectivity index (χ2n) is 2.76. The van der Waals surface area contributed by atoms with Gasteiger partial charge in [0.25, 0.3) is 0 Å². The lowest BCUT2D eigenvalue weighted by atomic mass is 9.95. The van der Waals surface area contributed by atoms with Crippen LogP contribution in [0.1, 0.15) is 27.7 Å². The first kappa shape index (κ1) is 6.96. The summed E-state index contributed by atoms with van der Waals surface area (Å²) in [7, 11) is 0. The van der Waals surface area contributed by atoms with Crippen LogP contribution in [0.4, 0.5) is 0 Å². The van der Waals surface area contributed by atoms with E-state index in [-0.39, 0.29) is 5.92 Å². The zero-order chi connectivity index (χ0) is 6.08. The summed E-state index contributed by atoms with van der Waals surface area (Å²) in [6.07, 6.45) is 0. The molecule has 0 aromatic rings. The Labute approximate surface area is 45.4 Å². The second kappa shape index (κ2) is 1.83. The lowest BCUT2D eigenvalue weighted by Crippen LogP contribution is -2.23. The number of hydrogen-bond acceptors (Lipinski definition) is 0. The summed E-state index contributed by atoms with van der Waals surface area (Å²) < 4.78 is 0. The van der Waals surface area contributed by atoms with Gasteiger partial charge in [-0.05, 0) is 19.8 Å². The Kier molecular flexibility index (Phi) is 1.82. The molecule has 0 unspecified atom stereocenters. The minimum atomic E-state index is -0.750. The van der Waals surface area contributed by atoms with Crippen LogP contribution in [0.2, 0.25) is 0 Å². The van der Waals surface area contributed by atoms with Crippen molar-refractivity contribution in [3.8, 4) is 0 Å². The number of hydrogen-bond donors (Lipinski definition) is 0. The molecule has 1 nitrogen and oxygen atoms in total. The predicted octanol–water partition coefficient (Wildman–Crippen LogP) is 1.85. The van der Waals surface area contributed by atoms with Crippen LogP contribution in [0.5, 0.6) is 0 Å². The number of rotatable bonds is 1. The van der Waals surface area contributed by atoms with Crippen molar-refractivity contribution in [1.82, 2.24) is 0 Å². The average Bonchev–Trinajstić information content (AvgIpc) is 1.31. The highest BCUT2D eigenvalue weighted by molar-refractivity contribution is 4.67. The summed E-state index contributed by atoms with van der Waals surface area (Å²) in [6, 6.07) is 0. The summed E-state index contributed by atoms with van der Waals surface area (Å²) in [5.74, 6) is 0.243. The standard InChI is InChI=1S/C6H13O/c1-5(2)6(3,4)7/h5H,1-4H3. The SMILES string of the molecule is CC(C)C(C)(C)[O]. The summed E-state index contributed by atoms with van der Waals surface area (Å²) in [4.78, 5) is 0.